The van der Waals surface area contributed by atoms with Gasteiger partial charge >= 0.3 is 0 Å². The Bertz CT molecular complexity index is 839. The van der Waals surface area contributed by atoms with Gasteiger partial charge in [0.25, 0.3) is 5.91 Å². The molecule has 6 nitrogen and oxygen atoms in total. The fraction of sp³-hybridized carbons (Fsp3) is 0.562. The van der Waals surface area contributed by atoms with E-state index in [1.165, 1.54) is 12.1 Å². The van der Waals surface area contributed by atoms with E-state index >= 15 is 0 Å². The monoisotopic (exact) mass is 371 g/mol. The summed E-state index contributed by atoms with van der Waals surface area (Å²) in [6, 6.07) is 5.99. The predicted octanol–water partition coefficient (Wildman–Crippen LogP) is 1.27. The van der Waals surface area contributed by atoms with Crippen LogP contribution >= 0.6 is 0 Å². The van der Waals surface area contributed by atoms with E-state index < -0.39 is 24.9 Å². The molecule has 0 bridgehead atoms. The fourth-order valence-corrected chi connectivity index (χ4v) is 7.69. The topological polar surface area (TPSA) is 88.6 Å². The predicted molar refractivity (Wildman–Crippen MR) is 90.4 cm³/mol. The Labute approximate surface area is 142 Å². The minimum atomic E-state index is -3.75. The average Bonchev–Trinajstić information content (AvgIpc) is 2.96. The van der Waals surface area contributed by atoms with Crippen LogP contribution < -0.4 is 0 Å². The molecule has 0 aliphatic carbocycles. The van der Waals surface area contributed by atoms with Gasteiger partial charge in [-0.25, -0.2) is 16.8 Å². The van der Waals surface area contributed by atoms with Crippen molar-refractivity contribution < 1.29 is 21.6 Å². The van der Waals surface area contributed by atoms with Gasteiger partial charge in [-0.3, -0.25) is 4.79 Å². The number of nitrogens with zero attached hydrogens (tertiary/aromatic N) is 1. The Morgan fingerprint density at radius 2 is 1.83 bits per heavy atom. The van der Waals surface area contributed by atoms with E-state index in [0.717, 1.165) is 19.3 Å². The molecule has 0 radical (unpaired) electrons. The molecule has 1 atom stereocenters. The molecule has 2 heterocycles. The maximum absolute atomic E-state index is 12.7. The van der Waals surface area contributed by atoms with Crippen LogP contribution in [0.3, 0.4) is 0 Å². The van der Waals surface area contributed by atoms with Crippen molar-refractivity contribution in [2.24, 2.45) is 0 Å². The van der Waals surface area contributed by atoms with Gasteiger partial charge in [0, 0.05) is 18.7 Å². The van der Waals surface area contributed by atoms with Crippen LogP contribution in [0.25, 0.3) is 0 Å². The molecule has 0 saturated carbocycles. The third kappa shape index (κ3) is 3.49. The molecule has 2 saturated heterocycles. The first-order chi connectivity index (χ1) is 11.3. The lowest BCUT2D eigenvalue weighted by molar-refractivity contribution is 0.0724. The van der Waals surface area contributed by atoms with Crippen LogP contribution in [0.5, 0.6) is 0 Å². The summed E-state index contributed by atoms with van der Waals surface area (Å²) < 4.78 is 48.5. The minimum Gasteiger partial charge on any atom is -0.339 e. The van der Waals surface area contributed by atoms with Gasteiger partial charge in [0.15, 0.2) is 19.7 Å². The van der Waals surface area contributed by atoms with Gasteiger partial charge in [0.2, 0.25) is 0 Å². The molecule has 0 unspecified atom stereocenters. The van der Waals surface area contributed by atoms with E-state index in [0.29, 0.717) is 18.7 Å². The number of likely N-dealkylation sites (tertiary alicyclic amines) is 1. The number of rotatable bonds is 3. The Hall–Kier alpha value is -1.41. The van der Waals surface area contributed by atoms with Crippen molar-refractivity contribution in [1.82, 2.24) is 4.90 Å². The van der Waals surface area contributed by atoms with Gasteiger partial charge in [0.1, 0.15) is 0 Å². The second-order valence-electron chi connectivity index (χ2n) is 6.45. The summed E-state index contributed by atoms with van der Waals surface area (Å²) in [5, 5.41) is -0.914. The molecule has 2 aliphatic heterocycles. The Morgan fingerprint density at radius 1 is 1.12 bits per heavy atom. The standard InChI is InChI=1S/C16H21NO5S2/c18-16(17-8-2-1-3-9-17)13-5-4-6-14(11-13)24(21,22)15-7-10-23(19,20)12-15/h4-6,11,15H,1-3,7-10,12H2/t15-/m1/s1. The summed E-state index contributed by atoms with van der Waals surface area (Å²) >= 11 is 0. The number of hydrogen-bond donors (Lipinski definition) is 0. The van der Waals surface area contributed by atoms with E-state index in [-0.39, 0.29) is 28.7 Å². The van der Waals surface area contributed by atoms with Crippen molar-refractivity contribution in [1.29, 1.82) is 0 Å². The van der Waals surface area contributed by atoms with Gasteiger partial charge in [0.05, 0.1) is 21.7 Å². The van der Waals surface area contributed by atoms with Crippen molar-refractivity contribution in [3.05, 3.63) is 29.8 Å². The molecule has 1 aromatic carbocycles. The summed E-state index contributed by atoms with van der Waals surface area (Å²) in [7, 11) is -7.03. The fourth-order valence-electron chi connectivity index (χ4n) is 3.28. The molecular weight excluding hydrogens is 350 g/mol. The molecule has 1 aromatic rings. The largest absolute Gasteiger partial charge is 0.339 e. The third-order valence-corrected chi connectivity index (χ3v) is 8.85. The van der Waals surface area contributed by atoms with Crippen LogP contribution in [0, 0.1) is 0 Å². The van der Waals surface area contributed by atoms with Crippen LogP contribution in [-0.2, 0) is 19.7 Å². The summed E-state index contributed by atoms with van der Waals surface area (Å²) in [6.07, 6.45) is 3.15. The highest BCUT2D eigenvalue weighted by Gasteiger charge is 2.38. The molecule has 8 heteroatoms. The molecule has 132 valence electrons. The van der Waals surface area contributed by atoms with Gasteiger partial charge < -0.3 is 4.90 Å². The summed E-state index contributed by atoms with van der Waals surface area (Å²) in [4.78, 5) is 14.3. The lowest BCUT2D eigenvalue weighted by atomic mass is 10.1. The first-order valence-electron chi connectivity index (χ1n) is 8.13. The smallest absolute Gasteiger partial charge is 0.253 e. The van der Waals surface area contributed by atoms with Crippen LogP contribution in [0.2, 0.25) is 0 Å². The van der Waals surface area contributed by atoms with Crippen LogP contribution in [0.15, 0.2) is 29.2 Å². The van der Waals surface area contributed by atoms with E-state index in [9.17, 15) is 21.6 Å². The lowest BCUT2D eigenvalue weighted by Crippen LogP contribution is -2.35. The normalized spacial score (nSPS) is 24.0. The SMILES string of the molecule is O=C(c1cccc(S(=O)(=O)[C@@H]2CCS(=O)(=O)C2)c1)N1CCCCC1. The highest BCUT2D eigenvalue weighted by atomic mass is 32.2. The minimum absolute atomic E-state index is 0.0347. The molecule has 0 aromatic heterocycles. The summed E-state index contributed by atoms with van der Waals surface area (Å²) in [5.41, 5.74) is 0.346. The maximum atomic E-state index is 12.7. The number of carbonyl (C=O) groups is 1. The average molecular weight is 371 g/mol. The zero-order chi connectivity index (χ0) is 17.4. The van der Waals surface area contributed by atoms with Gasteiger partial charge in [-0.2, -0.15) is 0 Å². The molecule has 2 fully saturated rings. The number of sulfone groups is 2. The molecule has 1 amide bonds. The molecule has 2 aliphatic rings. The highest BCUT2D eigenvalue weighted by Crippen LogP contribution is 2.26. The van der Waals surface area contributed by atoms with Crippen molar-refractivity contribution in [3.63, 3.8) is 0 Å². The van der Waals surface area contributed by atoms with E-state index in [2.05, 4.69) is 0 Å². The van der Waals surface area contributed by atoms with Crippen molar-refractivity contribution in [3.8, 4) is 0 Å². The second kappa shape index (κ2) is 6.48. The zero-order valence-corrected chi connectivity index (χ0v) is 15.0. The van der Waals surface area contributed by atoms with E-state index in [1.807, 2.05) is 0 Å². The molecule has 24 heavy (non-hydrogen) atoms. The zero-order valence-electron chi connectivity index (χ0n) is 13.3. The molecular formula is C16H21NO5S2. The van der Waals surface area contributed by atoms with Crippen molar-refractivity contribution >= 4 is 25.6 Å². The quantitative estimate of drug-likeness (QED) is 0.798. The maximum Gasteiger partial charge on any atom is 0.253 e. The Balaban J connectivity index is 1.86. The van der Waals surface area contributed by atoms with Crippen molar-refractivity contribution in [2.75, 3.05) is 24.6 Å². The number of benzene rings is 1. The first-order valence-corrected chi connectivity index (χ1v) is 11.5. The number of hydrogen-bond acceptors (Lipinski definition) is 5. The first kappa shape index (κ1) is 17.4. The Morgan fingerprint density at radius 3 is 2.46 bits per heavy atom. The number of carbonyl (C=O) groups excluding carboxylic acids is 1. The summed E-state index contributed by atoms with van der Waals surface area (Å²) in [6.45, 7) is 1.38. The molecule has 0 spiro atoms. The summed E-state index contributed by atoms with van der Waals surface area (Å²) in [5.74, 6) is -0.589. The lowest BCUT2D eigenvalue weighted by Gasteiger charge is -2.26. The van der Waals surface area contributed by atoms with Crippen LogP contribution in [0.1, 0.15) is 36.0 Å². The van der Waals surface area contributed by atoms with Gasteiger partial charge in [-0.05, 0) is 43.9 Å². The Kier molecular flexibility index (Phi) is 4.70. The van der Waals surface area contributed by atoms with E-state index in [1.54, 1.807) is 17.0 Å². The molecule has 0 N–H and O–H groups in total. The second-order valence-corrected chi connectivity index (χ2v) is 10.9. The van der Waals surface area contributed by atoms with Gasteiger partial charge in [-0.15, -0.1) is 0 Å². The van der Waals surface area contributed by atoms with Gasteiger partial charge in [-0.1, -0.05) is 6.07 Å². The highest BCUT2D eigenvalue weighted by molar-refractivity contribution is 7.96. The van der Waals surface area contributed by atoms with Crippen LogP contribution in [-0.4, -0.2) is 57.5 Å². The van der Waals surface area contributed by atoms with Crippen molar-refractivity contribution in [2.45, 2.75) is 35.8 Å². The number of piperidine rings is 1. The third-order valence-electron chi connectivity index (χ3n) is 4.68. The number of amides is 1. The molecule has 3 rings (SSSR count). The van der Waals surface area contributed by atoms with E-state index in [4.69, 9.17) is 0 Å². The van der Waals surface area contributed by atoms with Crippen LogP contribution in [0.4, 0.5) is 0 Å².